The van der Waals surface area contributed by atoms with Gasteiger partial charge in [-0.15, -0.1) is 0 Å². The van der Waals surface area contributed by atoms with Crippen LogP contribution < -0.4 is 5.32 Å². The van der Waals surface area contributed by atoms with Crippen molar-refractivity contribution in [3.63, 3.8) is 0 Å². The Morgan fingerprint density at radius 3 is 2.17 bits per heavy atom. The Bertz CT molecular complexity index is 394. The zero-order valence-corrected chi connectivity index (χ0v) is 12.5. The molecule has 0 amide bonds. The fourth-order valence-corrected chi connectivity index (χ4v) is 3.68. The van der Waals surface area contributed by atoms with Gasteiger partial charge in [-0.05, 0) is 35.9 Å². The molecular weight excluding hydrogens is 220 g/mol. The van der Waals surface area contributed by atoms with Crippen molar-refractivity contribution in [3.8, 4) is 0 Å². The predicted molar refractivity (Wildman–Crippen MR) is 76.6 cm³/mol. The van der Waals surface area contributed by atoms with Gasteiger partial charge in [-0.3, -0.25) is 4.98 Å². The molecule has 18 heavy (non-hydrogen) atoms. The van der Waals surface area contributed by atoms with Crippen LogP contribution in [0.2, 0.25) is 0 Å². The van der Waals surface area contributed by atoms with Gasteiger partial charge in [0.2, 0.25) is 0 Å². The minimum atomic E-state index is 0.406. The van der Waals surface area contributed by atoms with E-state index >= 15 is 0 Å². The Hall–Kier alpha value is -0.890. The van der Waals surface area contributed by atoms with Crippen LogP contribution in [0.1, 0.15) is 46.2 Å². The molecule has 1 aliphatic carbocycles. The molecule has 1 aromatic heterocycles. The average molecular weight is 246 g/mol. The Morgan fingerprint density at radius 1 is 1.17 bits per heavy atom. The van der Waals surface area contributed by atoms with Gasteiger partial charge in [0, 0.05) is 23.9 Å². The van der Waals surface area contributed by atoms with E-state index in [-0.39, 0.29) is 0 Å². The third-order valence-corrected chi connectivity index (χ3v) is 5.52. The smallest absolute Gasteiger partial charge is 0.0447 e. The lowest BCUT2D eigenvalue weighted by molar-refractivity contribution is 0.371. The Kier molecular flexibility index (Phi) is 3.26. The molecular formula is C16H26N2. The zero-order valence-electron chi connectivity index (χ0n) is 12.5. The molecule has 2 atom stereocenters. The Balaban J connectivity index is 2.21. The summed E-state index contributed by atoms with van der Waals surface area (Å²) in [6.07, 6.45) is 1.89. The lowest BCUT2D eigenvalue weighted by atomic mass is 9.90. The summed E-state index contributed by atoms with van der Waals surface area (Å²) in [5, 5.41) is 3.53. The summed E-state index contributed by atoms with van der Waals surface area (Å²) in [6, 6.07) is 6.69. The highest BCUT2D eigenvalue weighted by Crippen LogP contribution is 2.70. The summed E-state index contributed by atoms with van der Waals surface area (Å²) in [4.78, 5) is 4.51. The first-order valence-corrected chi connectivity index (χ1v) is 6.92. The second kappa shape index (κ2) is 4.34. The minimum Gasteiger partial charge on any atom is -0.316 e. The monoisotopic (exact) mass is 246 g/mol. The van der Waals surface area contributed by atoms with E-state index in [1.807, 2.05) is 12.3 Å². The van der Waals surface area contributed by atoms with Gasteiger partial charge in [-0.25, -0.2) is 0 Å². The fourth-order valence-electron chi connectivity index (χ4n) is 3.68. The van der Waals surface area contributed by atoms with Crippen molar-refractivity contribution in [2.24, 2.45) is 16.7 Å². The van der Waals surface area contributed by atoms with Crippen LogP contribution in [-0.2, 0) is 0 Å². The SMILES string of the molecule is CNC(C(C)c1ccccn1)C1C(C)(C)C1(C)C. The van der Waals surface area contributed by atoms with Crippen LogP contribution >= 0.6 is 0 Å². The molecule has 2 nitrogen and oxygen atoms in total. The number of aromatic nitrogens is 1. The van der Waals surface area contributed by atoms with Crippen LogP contribution in [0.5, 0.6) is 0 Å². The summed E-state index contributed by atoms with van der Waals surface area (Å²) in [7, 11) is 2.08. The molecule has 0 radical (unpaired) electrons. The summed E-state index contributed by atoms with van der Waals surface area (Å²) in [5.74, 6) is 1.15. The van der Waals surface area contributed by atoms with Crippen LogP contribution in [0.25, 0.3) is 0 Å². The molecule has 0 aliphatic heterocycles. The Labute approximate surface area is 111 Å². The van der Waals surface area contributed by atoms with E-state index in [0.29, 0.717) is 28.7 Å². The first-order chi connectivity index (χ1) is 8.34. The second-order valence-corrected chi connectivity index (χ2v) is 6.78. The van der Waals surface area contributed by atoms with Crippen molar-refractivity contribution in [2.75, 3.05) is 7.05 Å². The van der Waals surface area contributed by atoms with Crippen molar-refractivity contribution in [1.82, 2.24) is 10.3 Å². The zero-order chi connectivity index (χ0) is 13.6. The standard InChI is InChI=1S/C16H26N2/c1-11(12-9-7-8-10-18-12)13(17-6)14-15(2,3)16(14,4)5/h7-11,13-14,17H,1-6H3. The van der Waals surface area contributed by atoms with E-state index in [4.69, 9.17) is 0 Å². The second-order valence-electron chi connectivity index (χ2n) is 6.78. The maximum Gasteiger partial charge on any atom is 0.0447 e. The number of rotatable bonds is 4. The molecule has 0 saturated heterocycles. The topological polar surface area (TPSA) is 24.9 Å². The van der Waals surface area contributed by atoms with E-state index in [1.54, 1.807) is 0 Å². The van der Waals surface area contributed by atoms with E-state index < -0.39 is 0 Å². The molecule has 2 rings (SSSR count). The molecule has 1 saturated carbocycles. The van der Waals surface area contributed by atoms with Gasteiger partial charge in [-0.1, -0.05) is 40.7 Å². The van der Waals surface area contributed by atoms with Gasteiger partial charge in [0.05, 0.1) is 0 Å². The van der Waals surface area contributed by atoms with Crippen molar-refractivity contribution in [2.45, 2.75) is 46.6 Å². The lowest BCUT2D eigenvalue weighted by Gasteiger charge is -2.25. The highest BCUT2D eigenvalue weighted by Gasteiger charge is 2.67. The lowest BCUT2D eigenvalue weighted by Crippen LogP contribution is -2.35. The van der Waals surface area contributed by atoms with E-state index in [2.05, 4.69) is 64.1 Å². The first-order valence-electron chi connectivity index (χ1n) is 6.92. The highest BCUT2D eigenvalue weighted by molar-refractivity contribution is 5.21. The van der Waals surface area contributed by atoms with Gasteiger partial charge in [0.15, 0.2) is 0 Å². The molecule has 1 N–H and O–H groups in total. The van der Waals surface area contributed by atoms with Crippen LogP contribution in [0.15, 0.2) is 24.4 Å². The summed E-state index contributed by atoms with van der Waals surface area (Å²) in [6.45, 7) is 11.8. The number of likely N-dealkylation sites (N-methyl/N-ethyl adjacent to an activating group) is 1. The predicted octanol–water partition coefficient (Wildman–Crippen LogP) is 3.46. The molecule has 1 aromatic rings. The third kappa shape index (κ3) is 1.87. The fraction of sp³-hybridized carbons (Fsp3) is 0.688. The molecule has 100 valence electrons. The van der Waals surface area contributed by atoms with Crippen molar-refractivity contribution in [1.29, 1.82) is 0 Å². The number of hydrogen-bond donors (Lipinski definition) is 1. The molecule has 1 fully saturated rings. The first kappa shape index (κ1) is 13.5. The molecule has 1 heterocycles. The number of nitrogens with zero attached hydrogens (tertiary/aromatic N) is 1. The Morgan fingerprint density at radius 2 is 1.78 bits per heavy atom. The molecule has 0 bridgehead atoms. The van der Waals surface area contributed by atoms with E-state index in [0.717, 1.165) is 0 Å². The number of pyridine rings is 1. The van der Waals surface area contributed by atoms with Crippen molar-refractivity contribution >= 4 is 0 Å². The van der Waals surface area contributed by atoms with Crippen LogP contribution in [0, 0.1) is 16.7 Å². The van der Waals surface area contributed by atoms with Crippen LogP contribution in [-0.4, -0.2) is 18.1 Å². The quantitative estimate of drug-likeness (QED) is 0.880. The molecule has 0 spiro atoms. The minimum absolute atomic E-state index is 0.406. The highest BCUT2D eigenvalue weighted by atomic mass is 14.9. The molecule has 2 heteroatoms. The maximum atomic E-state index is 4.51. The van der Waals surface area contributed by atoms with Gasteiger partial charge >= 0.3 is 0 Å². The maximum absolute atomic E-state index is 4.51. The molecule has 0 aromatic carbocycles. The third-order valence-electron chi connectivity index (χ3n) is 5.52. The number of hydrogen-bond acceptors (Lipinski definition) is 2. The van der Waals surface area contributed by atoms with E-state index in [9.17, 15) is 0 Å². The largest absolute Gasteiger partial charge is 0.316 e. The molecule has 2 unspecified atom stereocenters. The van der Waals surface area contributed by atoms with Gasteiger partial charge < -0.3 is 5.32 Å². The van der Waals surface area contributed by atoms with E-state index in [1.165, 1.54) is 5.69 Å². The summed E-state index contributed by atoms with van der Waals surface area (Å²) < 4.78 is 0. The van der Waals surface area contributed by atoms with Crippen LogP contribution in [0.4, 0.5) is 0 Å². The normalized spacial score (nSPS) is 24.6. The number of nitrogens with one attached hydrogen (secondary N) is 1. The van der Waals surface area contributed by atoms with Gasteiger partial charge in [0.1, 0.15) is 0 Å². The van der Waals surface area contributed by atoms with Gasteiger partial charge in [-0.2, -0.15) is 0 Å². The van der Waals surface area contributed by atoms with Crippen molar-refractivity contribution < 1.29 is 0 Å². The van der Waals surface area contributed by atoms with Gasteiger partial charge in [0.25, 0.3) is 0 Å². The van der Waals surface area contributed by atoms with Crippen LogP contribution in [0.3, 0.4) is 0 Å². The summed E-state index contributed by atoms with van der Waals surface area (Å²) >= 11 is 0. The van der Waals surface area contributed by atoms with Crippen molar-refractivity contribution in [3.05, 3.63) is 30.1 Å². The summed E-state index contributed by atoms with van der Waals surface area (Å²) in [5.41, 5.74) is 2.00. The molecule has 1 aliphatic rings. The average Bonchev–Trinajstić information content (AvgIpc) is 2.74.